The van der Waals surface area contributed by atoms with Gasteiger partial charge >= 0.3 is 0 Å². The molecule has 3 nitrogen and oxygen atoms in total. The number of benzene rings is 1. The van der Waals surface area contributed by atoms with E-state index < -0.39 is 0 Å². The second-order valence-corrected chi connectivity index (χ2v) is 2.95. The van der Waals surface area contributed by atoms with Gasteiger partial charge in [-0.15, -0.1) is 0 Å². The SMILES string of the molecule is CN(C(=O)CCC#N)c1ccccc1. The van der Waals surface area contributed by atoms with Gasteiger partial charge in [0, 0.05) is 25.6 Å². The van der Waals surface area contributed by atoms with Crippen molar-refractivity contribution in [2.45, 2.75) is 12.8 Å². The minimum Gasteiger partial charge on any atom is -0.315 e. The predicted octanol–water partition coefficient (Wildman–Crippen LogP) is 1.95. The van der Waals surface area contributed by atoms with Gasteiger partial charge in [-0.2, -0.15) is 5.26 Å². The minimum atomic E-state index is -0.0299. The van der Waals surface area contributed by atoms with E-state index >= 15 is 0 Å². The Morgan fingerprint density at radius 1 is 1.43 bits per heavy atom. The van der Waals surface area contributed by atoms with Crippen molar-refractivity contribution in [2.75, 3.05) is 11.9 Å². The summed E-state index contributed by atoms with van der Waals surface area (Å²) in [6, 6.07) is 11.3. The molecule has 0 unspecified atom stereocenters. The van der Waals surface area contributed by atoms with Gasteiger partial charge in [0.1, 0.15) is 0 Å². The van der Waals surface area contributed by atoms with Crippen molar-refractivity contribution in [2.24, 2.45) is 0 Å². The fourth-order valence-corrected chi connectivity index (χ4v) is 1.13. The molecule has 0 bridgehead atoms. The smallest absolute Gasteiger partial charge is 0.227 e. The summed E-state index contributed by atoms with van der Waals surface area (Å²) in [5.74, 6) is -0.0299. The fraction of sp³-hybridized carbons (Fsp3) is 0.273. The first-order valence-corrected chi connectivity index (χ1v) is 4.44. The Labute approximate surface area is 83.6 Å². The van der Waals surface area contributed by atoms with Crippen molar-refractivity contribution < 1.29 is 4.79 Å². The van der Waals surface area contributed by atoms with Crippen LogP contribution in [0.4, 0.5) is 5.69 Å². The lowest BCUT2D eigenvalue weighted by molar-refractivity contribution is -0.118. The van der Waals surface area contributed by atoms with E-state index in [0.29, 0.717) is 0 Å². The number of hydrogen-bond acceptors (Lipinski definition) is 2. The molecule has 0 radical (unpaired) electrons. The molecule has 0 fully saturated rings. The van der Waals surface area contributed by atoms with Crippen LogP contribution in [0.5, 0.6) is 0 Å². The maximum Gasteiger partial charge on any atom is 0.227 e. The number of anilines is 1. The quantitative estimate of drug-likeness (QED) is 0.727. The van der Waals surface area contributed by atoms with Crippen molar-refractivity contribution in [1.29, 1.82) is 5.26 Å². The third kappa shape index (κ3) is 2.60. The number of nitriles is 1. The van der Waals surface area contributed by atoms with Crippen LogP contribution in [-0.2, 0) is 4.79 Å². The summed E-state index contributed by atoms with van der Waals surface area (Å²) in [7, 11) is 1.72. The van der Waals surface area contributed by atoms with Gasteiger partial charge in [0.15, 0.2) is 0 Å². The minimum absolute atomic E-state index is 0.0299. The van der Waals surface area contributed by atoms with E-state index in [9.17, 15) is 4.79 Å². The van der Waals surface area contributed by atoms with Crippen LogP contribution in [0.3, 0.4) is 0 Å². The van der Waals surface area contributed by atoms with Crippen molar-refractivity contribution in [3.8, 4) is 6.07 Å². The van der Waals surface area contributed by atoms with Crippen molar-refractivity contribution in [3.05, 3.63) is 30.3 Å². The summed E-state index contributed by atoms with van der Waals surface area (Å²) in [5.41, 5.74) is 0.857. The van der Waals surface area contributed by atoms with Crippen LogP contribution < -0.4 is 4.90 Å². The zero-order chi connectivity index (χ0) is 10.4. The molecule has 1 amide bonds. The molecular weight excluding hydrogens is 176 g/mol. The lowest BCUT2D eigenvalue weighted by Gasteiger charge is -2.16. The van der Waals surface area contributed by atoms with Gasteiger partial charge in [-0.05, 0) is 12.1 Å². The predicted molar refractivity (Wildman–Crippen MR) is 54.7 cm³/mol. The van der Waals surface area contributed by atoms with Crippen molar-refractivity contribution >= 4 is 11.6 Å². The Morgan fingerprint density at radius 3 is 2.64 bits per heavy atom. The zero-order valence-electron chi connectivity index (χ0n) is 8.10. The highest BCUT2D eigenvalue weighted by Gasteiger charge is 2.08. The van der Waals surface area contributed by atoms with Crippen LogP contribution in [0.2, 0.25) is 0 Å². The monoisotopic (exact) mass is 188 g/mol. The molecule has 1 aromatic carbocycles. The molecule has 1 rings (SSSR count). The second kappa shape index (κ2) is 5.03. The maximum absolute atomic E-state index is 11.5. The maximum atomic E-state index is 11.5. The van der Waals surface area contributed by atoms with E-state index in [1.807, 2.05) is 36.4 Å². The van der Waals surface area contributed by atoms with Crippen molar-refractivity contribution in [1.82, 2.24) is 0 Å². The van der Waals surface area contributed by atoms with Crippen LogP contribution in [0.25, 0.3) is 0 Å². The number of para-hydroxylation sites is 1. The number of hydrogen-bond donors (Lipinski definition) is 0. The average molecular weight is 188 g/mol. The van der Waals surface area contributed by atoms with E-state index in [2.05, 4.69) is 0 Å². The summed E-state index contributed by atoms with van der Waals surface area (Å²) in [4.78, 5) is 13.0. The molecule has 0 N–H and O–H groups in total. The van der Waals surface area contributed by atoms with Crippen LogP contribution in [0.1, 0.15) is 12.8 Å². The number of carbonyl (C=O) groups excluding carboxylic acids is 1. The molecule has 0 aromatic heterocycles. The van der Waals surface area contributed by atoms with E-state index in [4.69, 9.17) is 5.26 Å². The van der Waals surface area contributed by atoms with Gasteiger partial charge in [0.2, 0.25) is 5.91 Å². The second-order valence-electron chi connectivity index (χ2n) is 2.95. The standard InChI is InChI=1S/C11H12N2O/c1-13(11(14)8-5-9-12)10-6-3-2-4-7-10/h2-4,6-7H,5,8H2,1H3. The third-order valence-electron chi connectivity index (χ3n) is 1.97. The lowest BCUT2D eigenvalue weighted by atomic mass is 10.2. The topological polar surface area (TPSA) is 44.1 Å². The van der Waals surface area contributed by atoms with Gasteiger partial charge in [0.25, 0.3) is 0 Å². The number of amides is 1. The fourth-order valence-electron chi connectivity index (χ4n) is 1.13. The van der Waals surface area contributed by atoms with Gasteiger partial charge < -0.3 is 4.90 Å². The van der Waals surface area contributed by atoms with E-state index in [0.717, 1.165) is 5.69 Å². The Kier molecular flexibility index (Phi) is 3.69. The highest BCUT2D eigenvalue weighted by atomic mass is 16.2. The van der Waals surface area contributed by atoms with E-state index in [-0.39, 0.29) is 18.7 Å². The van der Waals surface area contributed by atoms with E-state index in [1.54, 1.807) is 11.9 Å². The molecule has 14 heavy (non-hydrogen) atoms. The summed E-state index contributed by atoms with van der Waals surface area (Å²) >= 11 is 0. The Bertz CT molecular complexity index is 340. The van der Waals surface area contributed by atoms with Gasteiger partial charge in [0.05, 0.1) is 6.07 Å². The van der Waals surface area contributed by atoms with Gasteiger partial charge in [-0.3, -0.25) is 4.79 Å². The molecule has 0 aliphatic rings. The molecule has 0 aliphatic heterocycles. The summed E-state index contributed by atoms with van der Waals surface area (Å²) < 4.78 is 0. The molecule has 0 saturated carbocycles. The van der Waals surface area contributed by atoms with Crippen LogP contribution >= 0.6 is 0 Å². The zero-order valence-corrected chi connectivity index (χ0v) is 8.10. The molecule has 0 atom stereocenters. The Hall–Kier alpha value is -1.82. The Morgan fingerprint density at radius 2 is 2.07 bits per heavy atom. The first-order chi connectivity index (χ1) is 6.75. The number of carbonyl (C=O) groups is 1. The molecule has 72 valence electrons. The van der Waals surface area contributed by atoms with Crippen LogP contribution in [-0.4, -0.2) is 13.0 Å². The average Bonchev–Trinajstić information content (AvgIpc) is 2.26. The molecular formula is C11H12N2O. The summed E-state index contributed by atoms with van der Waals surface area (Å²) in [6.45, 7) is 0. The summed E-state index contributed by atoms with van der Waals surface area (Å²) in [5, 5.41) is 8.35. The lowest BCUT2D eigenvalue weighted by Crippen LogP contribution is -2.25. The normalized spacial score (nSPS) is 9.14. The molecule has 3 heteroatoms. The van der Waals surface area contributed by atoms with Crippen LogP contribution in [0, 0.1) is 11.3 Å². The first-order valence-electron chi connectivity index (χ1n) is 4.44. The highest BCUT2D eigenvalue weighted by Crippen LogP contribution is 2.12. The number of nitrogens with zero attached hydrogens (tertiary/aromatic N) is 2. The molecule has 0 saturated heterocycles. The summed E-state index contributed by atoms with van der Waals surface area (Å²) in [6.07, 6.45) is 0.553. The van der Waals surface area contributed by atoms with E-state index in [1.165, 1.54) is 0 Å². The molecule has 0 aliphatic carbocycles. The highest BCUT2D eigenvalue weighted by molar-refractivity contribution is 5.92. The van der Waals surface area contributed by atoms with Crippen molar-refractivity contribution in [3.63, 3.8) is 0 Å². The van der Waals surface area contributed by atoms with Gasteiger partial charge in [-0.25, -0.2) is 0 Å². The molecule has 0 spiro atoms. The molecule has 0 heterocycles. The Balaban J connectivity index is 2.62. The molecule has 1 aromatic rings. The van der Waals surface area contributed by atoms with Crippen LogP contribution in [0.15, 0.2) is 30.3 Å². The largest absolute Gasteiger partial charge is 0.315 e. The third-order valence-corrected chi connectivity index (χ3v) is 1.97. The van der Waals surface area contributed by atoms with Gasteiger partial charge in [-0.1, -0.05) is 18.2 Å². The first kappa shape index (κ1) is 10.3. The number of rotatable bonds is 3.